The number of benzene rings is 1. The van der Waals surface area contributed by atoms with Gasteiger partial charge in [-0.25, -0.2) is 12.7 Å². The zero-order valence-electron chi connectivity index (χ0n) is 12.7. The van der Waals surface area contributed by atoms with Gasteiger partial charge in [-0.2, -0.15) is 0 Å². The lowest BCUT2D eigenvalue weighted by molar-refractivity contribution is 0.393. The summed E-state index contributed by atoms with van der Waals surface area (Å²) in [5.41, 5.74) is 1.68. The van der Waals surface area contributed by atoms with Crippen molar-refractivity contribution in [2.24, 2.45) is 5.92 Å². The summed E-state index contributed by atoms with van der Waals surface area (Å²) in [5.74, 6) is 0.665. The van der Waals surface area contributed by atoms with E-state index in [-0.39, 0.29) is 0 Å². The number of halogens is 1. The van der Waals surface area contributed by atoms with Gasteiger partial charge in [0.15, 0.2) is 0 Å². The van der Waals surface area contributed by atoms with Crippen molar-refractivity contribution < 1.29 is 8.42 Å². The number of alkyl halides is 1. The van der Waals surface area contributed by atoms with E-state index in [0.29, 0.717) is 29.7 Å². The average molecular weight is 318 g/mol. The second-order valence-electron chi connectivity index (χ2n) is 5.23. The zero-order valence-corrected chi connectivity index (χ0v) is 14.3. The minimum atomic E-state index is -3.44. The first-order valence-corrected chi connectivity index (χ1v) is 8.98. The van der Waals surface area contributed by atoms with Crippen molar-refractivity contribution in [1.82, 2.24) is 4.31 Å². The van der Waals surface area contributed by atoms with Gasteiger partial charge in [0.1, 0.15) is 0 Å². The van der Waals surface area contributed by atoms with Crippen molar-refractivity contribution in [2.75, 3.05) is 13.6 Å². The molecule has 1 rings (SSSR count). The number of hydrogen-bond donors (Lipinski definition) is 0. The van der Waals surface area contributed by atoms with Crippen LogP contribution in [0.4, 0.5) is 0 Å². The van der Waals surface area contributed by atoms with Gasteiger partial charge in [-0.1, -0.05) is 39.3 Å². The molecular formula is C15H24ClNO2S. The predicted octanol–water partition coefficient (Wildman–Crippen LogP) is 3.65. The molecule has 0 fully saturated rings. The predicted molar refractivity (Wildman–Crippen MR) is 84.6 cm³/mol. The van der Waals surface area contributed by atoms with Crippen molar-refractivity contribution in [1.29, 1.82) is 0 Å². The third-order valence-electron chi connectivity index (χ3n) is 3.62. The zero-order chi connectivity index (χ0) is 15.3. The van der Waals surface area contributed by atoms with E-state index in [2.05, 4.69) is 13.8 Å². The fourth-order valence-corrected chi connectivity index (χ4v) is 3.85. The van der Waals surface area contributed by atoms with Gasteiger partial charge in [-0.15, -0.1) is 11.6 Å². The van der Waals surface area contributed by atoms with Crippen molar-refractivity contribution >= 4 is 21.6 Å². The Morgan fingerprint density at radius 3 is 2.45 bits per heavy atom. The highest BCUT2D eigenvalue weighted by molar-refractivity contribution is 7.89. The average Bonchev–Trinajstić information content (AvgIpc) is 2.46. The molecular weight excluding hydrogens is 294 g/mol. The normalized spacial score (nSPS) is 13.7. The molecule has 0 aliphatic rings. The quantitative estimate of drug-likeness (QED) is 0.720. The summed E-state index contributed by atoms with van der Waals surface area (Å²) in [7, 11) is -1.80. The van der Waals surface area contributed by atoms with E-state index in [0.717, 1.165) is 17.5 Å². The molecule has 114 valence electrons. The van der Waals surface area contributed by atoms with Crippen LogP contribution in [0.25, 0.3) is 0 Å². The third-order valence-corrected chi connectivity index (χ3v) is 5.83. The van der Waals surface area contributed by atoms with E-state index >= 15 is 0 Å². The Hall–Kier alpha value is -0.580. The molecule has 0 saturated heterocycles. The van der Waals surface area contributed by atoms with Gasteiger partial charge in [-0.3, -0.25) is 0 Å². The Morgan fingerprint density at radius 2 is 1.95 bits per heavy atom. The van der Waals surface area contributed by atoms with Crippen LogP contribution in [-0.4, -0.2) is 26.3 Å². The molecule has 1 aromatic rings. The van der Waals surface area contributed by atoms with E-state index in [1.807, 2.05) is 19.1 Å². The molecule has 0 spiro atoms. The van der Waals surface area contributed by atoms with Crippen LogP contribution in [0.3, 0.4) is 0 Å². The van der Waals surface area contributed by atoms with E-state index < -0.39 is 10.0 Å². The van der Waals surface area contributed by atoms with E-state index in [4.69, 9.17) is 11.6 Å². The first-order valence-electron chi connectivity index (χ1n) is 7.00. The number of hydrogen-bond acceptors (Lipinski definition) is 2. The molecule has 0 bridgehead atoms. The molecule has 0 N–H and O–H groups in total. The molecule has 0 aliphatic heterocycles. The summed E-state index contributed by atoms with van der Waals surface area (Å²) < 4.78 is 26.9. The number of sulfonamides is 1. The Morgan fingerprint density at radius 1 is 1.30 bits per heavy atom. The molecule has 1 aromatic carbocycles. The maximum absolute atomic E-state index is 12.7. The van der Waals surface area contributed by atoms with Gasteiger partial charge in [0.25, 0.3) is 0 Å². The molecule has 0 radical (unpaired) electrons. The fourth-order valence-electron chi connectivity index (χ4n) is 2.05. The lowest BCUT2D eigenvalue weighted by Gasteiger charge is -2.22. The molecule has 1 unspecified atom stereocenters. The Labute approximate surface area is 128 Å². The van der Waals surface area contributed by atoms with Crippen LogP contribution in [0.1, 0.15) is 38.3 Å². The highest BCUT2D eigenvalue weighted by Crippen LogP contribution is 2.23. The van der Waals surface area contributed by atoms with Crippen LogP contribution in [0.2, 0.25) is 0 Å². The van der Waals surface area contributed by atoms with Crippen molar-refractivity contribution in [3.8, 4) is 0 Å². The fraction of sp³-hybridized carbons (Fsp3) is 0.600. The van der Waals surface area contributed by atoms with Crippen molar-refractivity contribution in [2.45, 2.75) is 44.4 Å². The van der Waals surface area contributed by atoms with Gasteiger partial charge in [0.2, 0.25) is 10.0 Å². The standard InChI is InChI=1S/C15H24ClNO2S/c1-5-12(3)11-17(4)20(18,19)15-9-13(10-16)7-8-14(15)6-2/h7-9,12H,5-6,10-11H2,1-4H3. The lowest BCUT2D eigenvalue weighted by Crippen LogP contribution is -2.31. The molecule has 0 aliphatic carbocycles. The molecule has 0 amide bonds. The van der Waals surface area contributed by atoms with E-state index in [9.17, 15) is 8.42 Å². The molecule has 3 nitrogen and oxygen atoms in total. The summed E-state index contributed by atoms with van der Waals surface area (Å²) in [5, 5.41) is 0. The summed E-state index contributed by atoms with van der Waals surface area (Å²) in [6, 6.07) is 5.45. The smallest absolute Gasteiger partial charge is 0.207 e. The molecule has 0 aromatic heterocycles. The maximum atomic E-state index is 12.7. The SMILES string of the molecule is CCc1ccc(CCl)cc1S(=O)(=O)N(C)CC(C)CC. The largest absolute Gasteiger partial charge is 0.243 e. The van der Waals surface area contributed by atoms with Crippen LogP contribution in [-0.2, 0) is 22.3 Å². The van der Waals surface area contributed by atoms with Gasteiger partial charge >= 0.3 is 0 Å². The summed E-state index contributed by atoms with van der Waals surface area (Å²) in [6.07, 6.45) is 1.65. The van der Waals surface area contributed by atoms with Gasteiger partial charge < -0.3 is 0 Å². The highest BCUT2D eigenvalue weighted by Gasteiger charge is 2.24. The minimum absolute atomic E-state index is 0.321. The van der Waals surface area contributed by atoms with Crippen molar-refractivity contribution in [3.63, 3.8) is 0 Å². The Kier molecular flexibility index (Phi) is 6.49. The first-order chi connectivity index (χ1) is 9.36. The van der Waals surface area contributed by atoms with Crippen LogP contribution in [0, 0.1) is 5.92 Å². The maximum Gasteiger partial charge on any atom is 0.243 e. The summed E-state index contributed by atoms with van der Waals surface area (Å²) in [6.45, 7) is 6.62. The first kappa shape index (κ1) is 17.5. The van der Waals surface area contributed by atoms with Gasteiger partial charge in [0, 0.05) is 19.5 Å². The molecule has 0 heterocycles. The van der Waals surface area contributed by atoms with Crippen LogP contribution in [0.15, 0.2) is 23.1 Å². The molecule has 1 atom stereocenters. The van der Waals surface area contributed by atoms with Gasteiger partial charge in [-0.05, 0) is 29.5 Å². The number of rotatable bonds is 7. The van der Waals surface area contributed by atoms with Crippen LogP contribution in [0.5, 0.6) is 0 Å². The third kappa shape index (κ3) is 3.96. The monoisotopic (exact) mass is 317 g/mol. The lowest BCUT2D eigenvalue weighted by atomic mass is 10.1. The van der Waals surface area contributed by atoms with Crippen LogP contribution >= 0.6 is 11.6 Å². The molecule has 5 heteroatoms. The highest BCUT2D eigenvalue weighted by atomic mass is 35.5. The Balaban J connectivity index is 3.19. The molecule has 20 heavy (non-hydrogen) atoms. The number of nitrogens with zero attached hydrogens (tertiary/aromatic N) is 1. The second-order valence-corrected chi connectivity index (χ2v) is 7.51. The topological polar surface area (TPSA) is 37.4 Å². The number of aryl methyl sites for hydroxylation is 1. The van der Waals surface area contributed by atoms with Crippen LogP contribution < -0.4 is 0 Å². The summed E-state index contributed by atoms with van der Waals surface area (Å²) in [4.78, 5) is 0.393. The summed E-state index contributed by atoms with van der Waals surface area (Å²) >= 11 is 5.82. The molecule has 0 saturated carbocycles. The van der Waals surface area contributed by atoms with Gasteiger partial charge in [0.05, 0.1) is 4.90 Å². The minimum Gasteiger partial charge on any atom is -0.207 e. The van der Waals surface area contributed by atoms with E-state index in [1.54, 1.807) is 13.1 Å². The Bertz CT molecular complexity index is 543. The van der Waals surface area contributed by atoms with Crippen molar-refractivity contribution in [3.05, 3.63) is 29.3 Å². The van der Waals surface area contributed by atoms with E-state index in [1.165, 1.54) is 4.31 Å². The second kappa shape index (κ2) is 7.43.